The predicted octanol–water partition coefficient (Wildman–Crippen LogP) is -0.0223. The van der Waals surface area contributed by atoms with Gasteiger partial charge in [0.1, 0.15) is 11.6 Å². The molecule has 0 amide bonds. The van der Waals surface area contributed by atoms with E-state index < -0.39 is 11.6 Å². The van der Waals surface area contributed by atoms with E-state index in [1.165, 1.54) is 0 Å². The Morgan fingerprint density at radius 2 is 2.22 bits per heavy atom. The molecule has 6 heteroatoms. The Morgan fingerprint density at radius 3 is 2.83 bits per heavy atom. The fraction of sp³-hybridized carbons (Fsp3) is 0.583. The number of rotatable bonds is 3. The van der Waals surface area contributed by atoms with Gasteiger partial charge in [0, 0.05) is 25.4 Å². The number of carbonyl (C=O) groups is 1. The van der Waals surface area contributed by atoms with Crippen LogP contribution in [0.2, 0.25) is 0 Å². The SMILES string of the molecule is CC(C)OC(=O)[C@@H]1C[C@@](O)(c2ncccn2)CN1. The summed E-state index contributed by atoms with van der Waals surface area (Å²) >= 11 is 0. The minimum Gasteiger partial charge on any atom is -0.462 e. The van der Waals surface area contributed by atoms with Crippen molar-refractivity contribution in [2.24, 2.45) is 0 Å². The van der Waals surface area contributed by atoms with Crippen molar-refractivity contribution in [3.05, 3.63) is 24.3 Å². The summed E-state index contributed by atoms with van der Waals surface area (Å²) in [4.78, 5) is 19.8. The molecule has 0 aromatic carbocycles. The molecule has 98 valence electrons. The number of aromatic nitrogens is 2. The normalized spacial score (nSPS) is 27.4. The lowest BCUT2D eigenvalue weighted by Crippen LogP contribution is -2.33. The summed E-state index contributed by atoms with van der Waals surface area (Å²) in [5, 5.41) is 13.4. The quantitative estimate of drug-likeness (QED) is 0.734. The van der Waals surface area contributed by atoms with Gasteiger partial charge in [0.15, 0.2) is 5.82 Å². The molecule has 2 heterocycles. The lowest BCUT2D eigenvalue weighted by Gasteiger charge is -2.19. The highest BCUT2D eigenvalue weighted by Crippen LogP contribution is 2.28. The molecule has 0 saturated carbocycles. The van der Waals surface area contributed by atoms with E-state index in [0.717, 1.165) is 0 Å². The summed E-state index contributed by atoms with van der Waals surface area (Å²) < 4.78 is 5.11. The maximum atomic E-state index is 11.7. The van der Waals surface area contributed by atoms with Crippen LogP contribution in [0.15, 0.2) is 18.5 Å². The van der Waals surface area contributed by atoms with Crippen molar-refractivity contribution >= 4 is 5.97 Å². The zero-order valence-corrected chi connectivity index (χ0v) is 10.5. The van der Waals surface area contributed by atoms with Crippen LogP contribution in [0.1, 0.15) is 26.1 Å². The second kappa shape index (κ2) is 4.99. The van der Waals surface area contributed by atoms with Gasteiger partial charge in [-0.2, -0.15) is 0 Å². The van der Waals surface area contributed by atoms with Crippen LogP contribution in [-0.2, 0) is 15.1 Å². The highest BCUT2D eigenvalue weighted by atomic mass is 16.5. The van der Waals surface area contributed by atoms with E-state index in [4.69, 9.17) is 4.74 Å². The van der Waals surface area contributed by atoms with Crippen LogP contribution in [0.3, 0.4) is 0 Å². The van der Waals surface area contributed by atoms with E-state index in [-0.39, 0.29) is 25.0 Å². The van der Waals surface area contributed by atoms with Gasteiger partial charge in [-0.3, -0.25) is 4.79 Å². The minimum absolute atomic E-state index is 0.166. The number of ether oxygens (including phenoxy) is 1. The minimum atomic E-state index is -1.21. The smallest absolute Gasteiger partial charge is 0.323 e. The van der Waals surface area contributed by atoms with Crippen LogP contribution in [0.4, 0.5) is 0 Å². The van der Waals surface area contributed by atoms with Crippen molar-refractivity contribution in [2.75, 3.05) is 6.54 Å². The number of carbonyl (C=O) groups excluding carboxylic acids is 1. The Bertz CT molecular complexity index is 424. The molecule has 2 rings (SSSR count). The van der Waals surface area contributed by atoms with E-state index in [2.05, 4.69) is 15.3 Å². The Morgan fingerprint density at radius 1 is 1.56 bits per heavy atom. The van der Waals surface area contributed by atoms with Gasteiger partial charge in [0.05, 0.1) is 6.10 Å². The highest BCUT2D eigenvalue weighted by molar-refractivity contribution is 5.76. The highest BCUT2D eigenvalue weighted by Gasteiger charge is 2.44. The molecule has 18 heavy (non-hydrogen) atoms. The average molecular weight is 251 g/mol. The van der Waals surface area contributed by atoms with Gasteiger partial charge in [-0.15, -0.1) is 0 Å². The van der Waals surface area contributed by atoms with Gasteiger partial charge >= 0.3 is 5.97 Å². The number of nitrogens with one attached hydrogen (secondary N) is 1. The first kappa shape index (κ1) is 12.9. The molecule has 0 bridgehead atoms. The number of nitrogens with zero attached hydrogens (tertiary/aromatic N) is 2. The molecule has 0 aliphatic carbocycles. The molecular weight excluding hydrogens is 234 g/mol. The van der Waals surface area contributed by atoms with Crippen LogP contribution in [0.5, 0.6) is 0 Å². The van der Waals surface area contributed by atoms with Crippen LogP contribution in [0.25, 0.3) is 0 Å². The molecule has 2 N–H and O–H groups in total. The third-order valence-corrected chi connectivity index (χ3v) is 2.80. The molecule has 1 aromatic heterocycles. The number of hydrogen-bond acceptors (Lipinski definition) is 6. The topological polar surface area (TPSA) is 84.3 Å². The molecule has 0 spiro atoms. The first-order valence-corrected chi connectivity index (χ1v) is 5.95. The molecule has 6 nitrogen and oxygen atoms in total. The fourth-order valence-corrected chi connectivity index (χ4v) is 1.96. The van der Waals surface area contributed by atoms with Crippen molar-refractivity contribution in [3.63, 3.8) is 0 Å². The predicted molar refractivity (Wildman–Crippen MR) is 63.6 cm³/mol. The van der Waals surface area contributed by atoms with E-state index in [9.17, 15) is 9.90 Å². The summed E-state index contributed by atoms with van der Waals surface area (Å²) in [6.07, 6.45) is 3.20. The summed E-state index contributed by atoms with van der Waals surface area (Å²) in [5.41, 5.74) is -1.21. The number of β-amino-alcohol motifs (C(OH)–C–C–N with tert-alkyl or cyclic N) is 1. The molecule has 1 fully saturated rings. The summed E-state index contributed by atoms with van der Waals surface area (Å²) in [6.45, 7) is 3.83. The molecule has 1 aliphatic rings. The zero-order chi connectivity index (χ0) is 13.2. The lowest BCUT2D eigenvalue weighted by molar-refractivity contribution is -0.150. The van der Waals surface area contributed by atoms with Crippen molar-refractivity contribution in [1.29, 1.82) is 0 Å². The van der Waals surface area contributed by atoms with E-state index >= 15 is 0 Å². The molecule has 1 aliphatic heterocycles. The van der Waals surface area contributed by atoms with E-state index in [1.807, 2.05) is 0 Å². The molecule has 1 aromatic rings. The van der Waals surface area contributed by atoms with Crippen LogP contribution in [-0.4, -0.2) is 39.7 Å². The van der Waals surface area contributed by atoms with Gasteiger partial charge in [0.2, 0.25) is 0 Å². The molecular formula is C12H17N3O3. The van der Waals surface area contributed by atoms with Crippen LogP contribution < -0.4 is 5.32 Å². The maximum Gasteiger partial charge on any atom is 0.323 e. The Kier molecular flexibility index (Phi) is 3.58. The largest absolute Gasteiger partial charge is 0.462 e. The number of hydrogen-bond donors (Lipinski definition) is 2. The van der Waals surface area contributed by atoms with E-state index in [1.54, 1.807) is 32.3 Å². The summed E-state index contributed by atoms with van der Waals surface area (Å²) in [5.74, 6) is -0.0193. The first-order chi connectivity index (χ1) is 8.51. The lowest BCUT2D eigenvalue weighted by atomic mass is 9.99. The number of esters is 1. The summed E-state index contributed by atoms with van der Waals surface area (Å²) in [7, 11) is 0. The van der Waals surface area contributed by atoms with Gasteiger partial charge < -0.3 is 15.2 Å². The third kappa shape index (κ3) is 2.65. The van der Waals surface area contributed by atoms with Crippen molar-refractivity contribution in [2.45, 2.75) is 38.0 Å². The van der Waals surface area contributed by atoms with Gasteiger partial charge in [-0.05, 0) is 19.9 Å². The van der Waals surface area contributed by atoms with Crippen LogP contribution >= 0.6 is 0 Å². The first-order valence-electron chi connectivity index (χ1n) is 5.95. The average Bonchev–Trinajstić information content (AvgIpc) is 2.74. The number of aliphatic hydroxyl groups is 1. The second-order valence-electron chi connectivity index (χ2n) is 4.73. The fourth-order valence-electron chi connectivity index (χ4n) is 1.96. The molecule has 0 radical (unpaired) electrons. The Labute approximate surface area is 105 Å². The molecule has 2 atom stereocenters. The maximum absolute atomic E-state index is 11.7. The van der Waals surface area contributed by atoms with Crippen LogP contribution in [0, 0.1) is 0 Å². The van der Waals surface area contributed by atoms with Crippen molar-refractivity contribution < 1.29 is 14.6 Å². The van der Waals surface area contributed by atoms with Gasteiger partial charge in [0.25, 0.3) is 0 Å². The second-order valence-corrected chi connectivity index (χ2v) is 4.73. The van der Waals surface area contributed by atoms with Crippen molar-refractivity contribution in [3.8, 4) is 0 Å². The van der Waals surface area contributed by atoms with Crippen molar-refractivity contribution in [1.82, 2.24) is 15.3 Å². The monoisotopic (exact) mass is 251 g/mol. The molecule has 0 unspecified atom stereocenters. The van der Waals surface area contributed by atoms with Gasteiger partial charge in [-0.25, -0.2) is 9.97 Å². The Balaban J connectivity index is 2.06. The standard InChI is InChI=1S/C12H17N3O3/c1-8(2)18-10(16)9-6-12(17,7-15-9)11-13-4-3-5-14-11/h3-5,8-9,15,17H,6-7H2,1-2H3/t9-,12-/m0/s1. The zero-order valence-electron chi connectivity index (χ0n) is 10.5. The summed E-state index contributed by atoms with van der Waals surface area (Å²) in [6, 6.07) is 1.17. The van der Waals surface area contributed by atoms with E-state index in [0.29, 0.717) is 5.82 Å². The van der Waals surface area contributed by atoms with Gasteiger partial charge in [-0.1, -0.05) is 0 Å². The third-order valence-electron chi connectivity index (χ3n) is 2.80. The Hall–Kier alpha value is -1.53. The molecule has 1 saturated heterocycles.